The molecule has 26 heavy (non-hydrogen) atoms. The minimum absolute atomic E-state index is 0.0185. The Labute approximate surface area is 154 Å². The van der Waals surface area contributed by atoms with Crippen molar-refractivity contribution in [2.75, 3.05) is 13.4 Å². The van der Waals surface area contributed by atoms with Crippen molar-refractivity contribution in [2.45, 2.75) is 39.7 Å². The normalized spacial score (nSPS) is 13.6. The van der Waals surface area contributed by atoms with E-state index in [4.69, 9.17) is 14.2 Å². The molecule has 1 N–H and O–H groups in total. The van der Waals surface area contributed by atoms with Crippen molar-refractivity contribution < 1.29 is 19.0 Å². The molecule has 0 aromatic heterocycles. The number of carbonyl (C=O) groups excluding carboxylic acids is 1. The van der Waals surface area contributed by atoms with E-state index in [9.17, 15) is 4.79 Å². The van der Waals surface area contributed by atoms with Gasteiger partial charge in [0.2, 0.25) is 6.79 Å². The quantitative estimate of drug-likeness (QED) is 0.847. The van der Waals surface area contributed by atoms with Gasteiger partial charge in [-0.05, 0) is 60.7 Å². The molecule has 0 saturated heterocycles. The second kappa shape index (κ2) is 7.68. The molecule has 0 bridgehead atoms. The number of hydrogen-bond acceptors (Lipinski definition) is 4. The van der Waals surface area contributed by atoms with Crippen LogP contribution in [0.2, 0.25) is 0 Å². The van der Waals surface area contributed by atoms with Crippen molar-refractivity contribution in [1.82, 2.24) is 5.32 Å². The third-order valence-corrected chi connectivity index (χ3v) is 4.51. The molecule has 1 heterocycles. The molecular formula is C21H25NO4. The van der Waals surface area contributed by atoms with E-state index in [0.717, 1.165) is 11.3 Å². The van der Waals surface area contributed by atoms with Gasteiger partial charge in [0, 0.05) is 0 Å². The van der Waals surface area contributed by atoms with Gasteiger partial charge >= 0.3 is 0 Å². The van der Waals surface area contributed by atoms with E-state index >= 15 is 0 Å². The molecule has 0 spiro atoms. The monoisotopic (exact) mass is 355 g/mol. The number of carbonyl (C=O) groups is 1. The highest BCUT2D eigenvalue weighted by atomic mass is 16.7. The summed E-state index contributed by atoms with van der Waals surface area (Å²) in [7, 11) is 0. The van der Waals surface area contributed by atoms with Gasteiger partial charge in [-0.3, -0.25) is 4.79 Å². The van der Waals surface area contributed by atoms with Gasteiger partial charge in [0.1, 0.15) is 5.75 Å². The maximum atomic E-state index is 12.2. The lowest BCUT2D eigenvalue weighted by Crippen LogP contribution is -2.31. The van der Waals surface area contributed by atoms with Crippen LogP contribution in [0.15, 0.2) is 36.4 Å². The van der Waals surface area contributed by atoms with Crippen LogP contribution in [0.1, 0.15) is 49.4 Å². The molecule has 1 atom stereocenters. The molecule has 1 unspecified atom stereocenters. The van der Waals surface area contributed by atoms with E-state index in [1.165, 1.54) is 11.1 Å². The summed E-state index contributed by atoms with van der Waals surface area (Å²) in [4.78, 5) is 12.2. The van der Waals surface area contributed by atoms with E-state index in [0.29, 0.717) is 17.4 Å². The van der Waals surface area contributed by atoms with E-state index in [1.807, 2.05) is 37.3 Å². The number of rotatable bonds is 6. The number of aryl methyl sites for hydroxylation is 1. The van der Waals surface area contributed by atoms with Gasteiger partial charge in [-0.1, -0.05) is 26.0 Å². The van der Waals surface area contributed by atoms with E-state index < -0.39 is 0 Å². The largest absolute Gasteiger partial charge is 0.484 e. The summed E-state index contributed by atoms with van der Waals surface area (Å²) in [6.07, 6.45) is 0. The molecule has 2 aromatic carbocycles. The summed E-state index contributed by atoms with van der Waals surface area (Å²) in [5.41, 5.74) is 3.42. The van der Waals surface area contributed by atoms with Crippen LogP contribution in [0.3, 0.4) is 0 Å². The first kappa shape index (κ1) is 18.1. The van der Waals surface area contributed by atoms with Crippen LogP contribution in [0, 0.1) is 6.92 Å². The Balaban J connectivity index is 1.54. The number of fused-ring (bicyclic) bond motifs is 1. The van der Waals surface area contributed by atoms with Crippen molar-refractivity contribution in [3.05, 3.63) is 53.1 Å². The van der Waals surface area contributed by atoms with Gasteiger partial charge in [-0.15, -0.1) is 0 Å². The highest BCUT2D eigenvalue weighted by Gasteiger charge is 2.17. The average molecular weight is 355 g/mol. The molecule has 0 aliphatic carbocycles. The molecular weight excluding hydrogens is 330 g/mol. The summed E-state index contributed by atoms with van der Waals surface area (Å²) < 4.78 is 16.3. The average Bonchev–Trinajstić information content (AvgIpc) is 3.07. The van der Waals surface area contributed by atoms with Gasteiger partial charge in [0.15, 0.2) is 18.1 Å². The molecule has 138 valence electrons. The SMILES string of the molecule is Cc1cc(OCC(=O)NC(C)c2ccc3c(c2)OCO3)ccc1C(C)C. The number of ether oxygens (including phenoxy) is 3. The van der Waals surface area contributed by atoms with Crippen molar-refractivity contribution in [3.63, 3.8) is 0 Å². The third kappa shape index (κ3) is 4.10. The highest BCUT2D eigenvalue weighted by Crippen LogP contribution is 2.34. The first-order valence-electron chi connectivity index (χ1n) is 8.86. The molecule has 3 rings (SSSR count). The van der Waals surface area contributed by atoms with E-state index in [2.05, 4.69) is 32.2 Å². The molecule has 2 aromatic rings. The van der Waals surface area contributed by atoms with Crippen LogP contribution >= 0.6 is 0 Å². The smallest absolute Gasteiger partial charge is 0.258 e. The van der Waals surface area contributed by atoms with Gasteiger partial charge in [-0.2, -0.15) is 0 Å². The third-order valence-electron chi connectivity index (χ3n) is 4.51. The molecule has 5 nitrogen and oxygen atoms in total. The lowest BCUT2D eigenvalue weighted by atomic mass is 9.98. The predicted molar refractivity (Wildman–Crippen MR) is 99.9 cm³/mol. The number of benzene rings is 2. The number of amides is 1. The van der Waals surface area contributed by atoms with Gasteiger partial charge in [-0.25, -0.2) is 0 Å². The van der Waals surface area contributed by atoms with E-state index in [1.54, 1.807) is 0 Å². The molecule has 1 aliphatic heterocycles. The number of nitrogens with one attached hydrogen (secondary N) is 1. The van der Waals surface area contributed by atoms with Gasteiger partial charge in [0.05, 0.1) is 6.04 Å². The minimum Gasteiger partial charge on any atom is -0.484 e. The summed E-state index contributed by atoms with van der Waals surface area (Å²) in [5, 5.41) is 2.94. The number of hydrogen-bond donors (Lipinski definition) is 1. The lowest BCUT2D eigenvalue weighted by molar-refractivity contribution is -0.123. The first-order valence-corrected chi connectivity index (χ1v) is 8.86. The van der Waals surface area contributed by atoms with Crippen LogP contribution in [0.4, 0.5) is 0 Å². The second-order valence-electron chi connectivity index (χ2n) is 6.86. The fourth-order valence-corrected chi connectivity index (χ4v) is 3.08. The van der Waals surface area contributed by atoms with Crippen LogP contribution in [-0.4, -0.2) is 19.3 Å². The maximum absolute atomic E-state index is 12.2. The second-order valence-corrected chi connectivity index (χ2v) is 6.86. The Morgan fingerprint density at radius 1 is 1.12 bits per heavy atom. The zero-order chi connectivity index (χ0) is 18.7. The molecule has 1 aliphatic rings. The van der Waals surface area contributed by atoms with Crippen LogP contribution < -0.4 is 19.5 Å². The summed E-state index contributed by atoms with van der Waals surface area (Å²) in [6, 6.07) is 11.5. The van der Waals surface area contributed by atoms with Crippen molar-refractivity contribution in [1.29, 1.82) is 0 Å². The molecule has 0 fully saturated rings. The molecule has 0 radical (unpaired) electrons. The van der Waals surface area contributed by atoms with Gasteiger partial charge in [0.25, 0.3) is 5.91 Å². The fourth-order valence-electron chi connectivity index (χ4n) is 3.08. The Kier molecular flexibility index (Phi) is 5.35. The molecule has 5 heteroatoms. The minimum atomic E-state index is -0.166. The Morgan fingerprint density at radius 3 is 2.62 bits per heavy atom. The topological polar surface area (TPSA) is 56.8 Å². The molecule has 0 saturated carbocycles. The fraction of sp³-hybridized carbons (Fsp3) is 0.381. The van der Waals surface area contributed by atoms with Crippen molar-refractivity contribution in [2.24, 2.45) is 0 Å². The van der Waals surface area contributed by atoms with Crippen molar-refractivity contribution >= 4 is 5.91 Å². The highest BCUT2D eigenvalue weighted by molar-refractivity contribution is 5.78. The summed E-state index contributed by atoms with van der Waals surface area (Å²) >= 11 is 0. The van der Waals surface area contributed by atoms with Gasteiger partial charge < -0.3 is 19.5 Å². The summed E-state index contributed by atoms with van der Waals surface area (Å²) in [6.45, 7) is 8.53. The standard InChI is InChI=1S/C21H25NO4/c1-13(2)18-7-6-17(9-14(18)3)24-11-21(23)22-15(4)16-5-8-19-20(10-16)26-12-25-19/h5-10,13,15H,11-12H2,1-4H3,(H,22,23). The maximum Gasteiger partial charge on any atom is 0.258 e. The zero-order valence-corrected chi connectivity index (χ0v) is 15.7. The van der Waals surface area contributed by atoms with Crippen LogP contribution in [0.25, 0.3) is 0 Å². The first-order chi connectivity index (χ1) is 12.4. The Morgan fingerprint density at radius 2 is 1.88 bits per heavy atom. The summed E-state index contributed by atoms with van der Waals surface area (Å²) in [5.74, 6) is 2.45. The zero-order valence-electron chi connectivity index (χ0n) is 15.7. The van der Waals surface area contributed by atoms with Crippen LogP contribution in [0.5, 0.6) is 17.2 Å². The van der Waals surface area contributed by atoms with E-state index in [-0.39, 0.29) is 25.3 Å². The predicted octanol–water partition coefficient (Wildman–Crippen LogP) is 4.10. The Hall–Kier alpha value is -2.69. The lowest BCUT2D eigenvalue weighted by Gasteiger charge is -2.16. The van der Waals surface area contributed by atoms with Crippen molar-refractivity contribution in [3.8, 4) is 17.2 Å². The Bertz CT molecular complexity index is 801. The van der Waals surface area contributed by atoms with Crippen LogP contribution in [-0.2, 0) is 4.79 Å². The molecule has 1 amide bonds.